The van der Waals surface area contributed by atoms with Crippen molar-refractivity contribution in [1.29, 1.82) is 0 Å². The summed E-state index contributed by atoms with van der Waals surface area (Å²) >= 11 is 8.03. The van der Waals surface area contributed by atoms with E-state index in [2.05, 4.69) is 30.2 Å². The first-order chi connectivity index (χ1) is 3.63. The van der Waals surface area contributed by atoms with Crippen LogP contribution in [0.4, 0.5) is 0 Å². The Hall–Kier alpha value is 0.970. The molecule has 0 atom stereocenters. The Bertz CT molecular complexity index is 104. The van der Waals surface area contributed by atoms with Gasteiger partial charge in [0.05, 0.1) is 0 Å². The molecular formula is C3H5CaNO2S2. The fourth-order valence-electron chi connectivity index (χ4n) is 0.151. The maximum Gasteiger partial charge on any atom is 0.322 e. The number of thiocarbonyl (C=S) groups is 1. The minimum atomic E-state index is -0.943. The SMILES string of the molecule is O=C(O)CNC(=S)S.[Ca]. The van der Waals surface area contributed by atoms with Crippen LogP contribution in [0.15, 0.2) is 0 Å². The van der Waals surface area contributed by atoms with Crippen molar-refractivity contribution >= 4 is 72.9 Å². The molecule has 9 heavy (non-hydrogen) atoms. The van der Waals surface area contributed by atoms with Gasteiger partial charge in [0.2, 0.25) is 0 Å². The molecule has 0 aromatic heterocycles. The molecule has 0 saturated heterocycles. The number of rotatable bonds is 2. The van der Waals surface area contributed by atoms with Crippen molar-refractivity contribution in [2.45, 2.75) is 0 Å². The van der Waals surface area contributed by atoms with Crippen molar-refractivity contribution in [3.05, 3.63) is 0 Å². The van der Waals surface area contributed by atoms with Crippen LogP contribution in [-0.4, -0.2) is 59.7 Å². The molecule has 0 bridgehead atoms. The van der Waals surface area contributed by atoms with Crippen molar-refractivity contribution in [3.63, 3.8) is 0 Å². The Kier molecular flexibility index (Phi) is 9.94. The van der Waals surface area contributed by atoms with E-state index in [0.29, 0.717) is 0 Å². The second-order valence-electron chi connectivity index (χ2n) is 1.05. The maximum atomic E-state index is 9.75. The number of thiol groups is 1. The molecule has 48 valence electrons. The van der Waals surface area contributed by atoms with Crippen LogP contribution in [0.5, 0.6) is 0 Å². The van der Waals surface area contributed by atoms with E-state index in [1.807, 2.05) is 0 Å². The first-order valence-corrected chi connectivity index (χ1v) is 2.67. The summed E-state index contributed by atoms with van der Waals surface area (Å²) in [6.45, 7) is -0.164. The normalized spacial score (nSPS) is 7.22. The van der Waals surface area contributed by atoms with Crippen molar-refractivity contribution in [3.8, 4) is 0 Å². The van der Waals surface area contributed by atoms with Gasteiger partial charge in [-0.3, -0.25) is 4.79 Å². The molecule has 0 aliphatic rings. The third-order valence-electron chi connectivity index (χ3n) is 0.391. The monoisotopic (exact) mass is 191 g/mol. The number of hydrogen-bond donors (Lipinski definition) is 3. The smallest absolute Gasteiger partial charge is 0.322 e. The van der Waals surface area contributed by atoms with E-state index in [-0.39, 0.29) is 48.6 Å². The third-order valence-corrected chi connectivity index (χ3v) is 0.693. The zero-order chi connectivity index (χ0) is 6.57. The molecule has 0 heterocycles. The minimum absolute atomic E-state index is 0. The minimum Gasteiger partial charge on any atom is -0.480 e. The van der Waals surface area contributed by atoms with Crippen LogP contribution in [0.25, 0.3) is 0 Å². The van der Waals surface area contributed by atoms with E-state index < -0.39 is 5.97 Å². The number of carboxylic acids is 1. The predicted octanol–water partition coefficient (Wildman–Crippen LogP) is -0.505. The molecule has 0 unspecified atom stereocenters. The summed E-state index contributed by atoms with van der Waals surface area (Å²) in [6, 6.07) is 0. The fourth-order valence-corrected chi connectivity index (χ4v) is 0.302. The standard InChI is InChI=1S/C3H5NO2S2.Ca/c5-2(6)1-4-3(7)8;/h1H2,(H,5,6)(H2,4,7,8);. The molecular weight excluding hydrogens is 186 g/mol. The Morgan fingerprint density at radius 3 is 2.33 bits per heavy atom. The number of hydrogen-bond acceptors (Lipinski definition) is 2. The van der Waals surface area contributed by atoms with Crippen molar-refractivity contribution in [2.75, 3.05) is 6.54 Å². The number of carbonyl (C=O) groups is 1. The van der Waals surface area contributed by atoms with Crippen LogP contribution < -0.4 is 5.32 Å². The third kappa shape index (κ3) is 12.2. The van der Waals surface area contributed by atoms with E-state index in [1.165, 1.54) is 0 Å². The molecule has 2 radical (unpaired) electrons. The summed E-state index contributed by atoms with van der Waals surface area (Å²) in [5.41, 5.74) is 0. The molecule has 0 saturated carbocycles. The van der Waals surface area contributed by atoms with Gasteiger partial charge in [-0.1, -0.05) is 12.2 Å². The molecule has 0 aromatic rings. The Morgan fingerprint density at radius 2 is 2.22 bits per heavy atom. The topological polar surface area (TPSA) is 49.3 Å². The van der Waals surface area contributed by atoms with Crippen LogP contribution in [0, 0.1) is 0 Å². The van der Waals surface area contributed by atoms with Crippen molar-refractivity contribution < 1.29 is 9.90 Å². The fraction of sp³-hybridized carbons (Fsp3) is 0.333. The second kappa shape index (κ2) is 7.08. The molecule has 0 spiro atoms. The quantitative estimate of drug-likeness (QED) is 0.313. The Labute approximate surface area is 93.6 Å². The van der Waals surface area contributed by atoms with Gasteiger partial charge in [-0.25, -0.2) is 0 Å². The van der Waals surface area contributed by atoms with E-state index >= 15 is 0 Å². The van der Waals surface area contributed by atoms with Crippen LogP contribution in [0.3, 0.4) is 0 Å². The summed E-state index contributed by atoms with van der Waals surface area (Å²) in [5.74, 6) is -0.943. The summed E-state index contributed by atoms with van der Waals surface area (Å²) in [5, 5.41) is 10.3. The largest absolute Gasteiger partial charge is 0.480 e. The number of aliphatic carboxylic acids is 1. The molecule has 6 heteroatoms. The second-order valence-corrected chi connectivity index (χ2v) is 2.21. The van der Waals surface area contributed by atoms with Gasteiger partial charge >= 0.3 is 5.97 Å². The Balaban J connectivity index is 0. The number of nitrogens with one attached hydrogen (secondary N) is 1. The number of carboxylic acid groups (broad SMARTS) is 1. The van der Waals surface area contributed by atoms with Crippen molar-refractivity contribution in [1.82, 2.24) is 5.32 Å². The van der Waals surface area contributed by atoms with Crippen LogP contribution in [-0.2, 0) is 4.79 Å². The van der Waals surface area contributed by atoms with Crippen LogP contribution >= 0.6 is 24.8 Å². The van der Waals surface area contributed by atoms with Crippen LogP contribution in [0.1, 0.15) is 0 Å². The van der Waals surface area contributed by atoms with Gasteiger partial charge in [0.1, 0.15) is 10.9 Å². The van der Waals surface area contributed by atoms with E-state index in [4.69, 9.17) is 5.11 Å². The first-order valence-electron chi connectivity index (χ1n) is 1.81. The first kappa shape index (κ1) is 12.6. The van der Waals surface area contributed by atoms with Crippen molar-refractivity contribution in [2.24, 2.45) is 0 Å². The van der Waals surface area contributed by atoms with Gasteiger partial charge in [0.25, 0.3) is 0 Å². The molecule has 0 aliphatic heterocycles. The van der Waals surface area contributed by atoms with Gasteiger partial charge in [0.15, 0.2) is 0 Å². The molecule has 3 nitrogen and oxygen atoms in total. The average Bonchev–Trinajstić information content (AvgIpc) is 1.61. The van der Waals surface area contributed by atoms with Gasteiger partial charge in [-0.15, -0.1) is 12.6 Å². The average molecular weight is 191 g/mol. The molecule has 0 rings (SSSR count). The molecule has 0 aromatic carbocycles. The molecule has 0 fully saturated rings. The zero-order valence-corrected chi connectivity index (χ0v) is 8.54. The van der Waals surface area contributed by atoms with Gasteiger partial charge in [-0.2, -0.15) is 0 Å². The summed E-state index contributed by atoms with van der Waals surface area (Å²) in [7, 11) is 0. The molecule has 0 aliphatic carbocycles. The van der Waals surface area contributed by atoms with Crippen LogP contribution in [0.2, 0.25) is 0 Å². The molecule has 0 amide bonds. The van der Waals surface area contributed by atoms with Gasteiger partial charge in [-0.05, 0) is 0 Å². The molecule has 2 N–H and O–H groups in total. The van der Waals surface area contributed by atoms with E-state index in [9.17, 15) is 4.79 Å². The summed E-state index contributed by atoms with van der Waals surface area (Å²) in [6.07, 6.45) is 0. The van der Waals surface area contributed by atoms with Gasteiger partial charge < -0.3 is 10.4 Å². The van der Waals surface area contributed by atoms with E-state index in [1.54, 1.807) is 0 Å². The van der Waals surface area contributed by atoms with Gasteiger partial charge in [0, 0.05) is 37.7 Å². The Morgan fingerprint density at radius 1 is 1.78 bits per heavy atom. The van der Waals surface area contributed by atoms with E-state index in [0.717, 1.165) is 0 Å². The zero-order valence-electron chi connectivity index (χ0n) is 4.63. The predicted molar refractivity (Wildman–Crippen MR) is 43.0 cm³/mol. The summed E-state index contributed by atoms with van der Waals surface area (Å²) in [4.78, 5) is 9.75. The summed E-state index contributed by atoms with van der Waals surface area (Å²) < 4.78 is 0.201. The maximum absolute atomic E-state index is 9.75.